The van der Waals surface area contributed by atoms with E-state index in [1.165, 1.54) is 16.7 Å². The lowest BCUT2D eigenvalue weighted by atomic mass is 9.84. The number of nitrogens with zero attached hydrogens (tertiary/aromatic N) is 2. The van der Waals surface area contributed by atoms with Crippen molar-refractivity contribution < 1.29 is 10.2 Å². The van der Waals surface area contributed by atoms with Crippen molar-refractivity contribution >= 4 is 11.4 Å². The number of aliphatic hydroxyl groups excluding tert-OH is 1. The molecule has 4 rings (SSSR count). The van der Waals surface area contributed by atoms with Crippen molar-refractivity contribution in [2.75, 3.05) is 36.8 Å². The van der Waals surface area contributed by atoms with Gasteiger partial charge in [0.25, 0.3) is 0 Å². The van der Waals surface area contributed by atoms with E-state index >= 15 is 0 Å². The van der Waals surface area contributed by atoms with Crippen LogP contribution in [0.25, 0.3) is 0 Å². The summed E-state index contributed by atoms with van der Waals surface area (Å²) in [6.07, 6.45) is 1.14. The molecule has 2 aromatic rings. The molecule has 2 aliphatic rings. The first kappa shape index (κ1) is 17.2. The summed E-state index contributed by atoms with van der Waals surface area (Å²) in [6.45, 7) is 5.67. The van der Waals surface area contributed by atoms with Crippen molar-refractivity contribution in [3.8, 4) is 5.75 Å². The number of aromatic hydroxyl groups is 1. The Bertz CT molecular complexity index is 800. The molecule has 138 valence electrons. The van der Waals surface area contributed by atoms with Gasteiger partial charge in [0.15, 0.2) is 0 Å². The first-order valence-corrected chi connectivity index (χ1v) is 9.36. The van der Waals surface area contributed by atoms with Crippen molar-refractivity contribution in [3.05, 3.63) is 53.1 Å². The molecule has 0 saturated carbocycles. The smallest absolute Gasteiger partial charge is 0.117 e. The van der Waals surface area contributed by atoms with E-state index in [9.17, 15) is 10.2 Å². The monoisotopic (exact) mass is 353 g/mol. The van der Waals surface area contributed by atoms with E-state index < -0.39 is 0 Å². The van der Waals surface area contributed by atoms with E-state index in [-0.39, 0.29) is 12.1 Å². The zero-order chi connectivity index (χ0) is 18.3. The van der Waals surface area contributed by atoms with Crippen molar-refractivity contribution in [1.82, 2.24) is 4.90 Å². The summed E-state index contributed by atoms with van der Waals surface area (Å²) in [7, 11) is 0. The molecule has 0 bridgehead atoms. The van der Waals surface area contributed by atoms with Crippen LogP contribution in [0.1, 0.15) is 16.7 Å². The van der Waals surface area contributed by atoms with Gasteiger partial charge in [-0.05, 0) is 42.2 Å². The Kier molecular flexibility index (Phi) is 4.51. The van der Waals surface area contributed by atoms with Gasteiger partial charge in [0, 0.05) is 56.1 Å². The van der Waals surface area contributed by atoms with E-state index in [0.29, 0.717) is 12.2 Å². The molecule has 0 radical (unpaired) electrons. The number of rotatable bonds is 2. The fourth-order valence-corrected chi connectivity index (χ4v) is 4.41. The van der Waals surface area contributed by atoms with Crippen molar-refractivity contribution in [2.45, 2.75) is 31.9 Å². The van der Waals surface area contributed by atoms with Gasteiger partial charge in [-0.15, -0.1) is 0 Å². The lowest BCUT2D eigenvalue weighted by Gasteiger charge is -2.44. The minimum Gasteiger partial charge on any atom is -0.508 e. The number of nitrogens with two attached hydrogens (primary N) is 1. The maximum Gasteiger partial charge on any atom is 0.117 e. The summed E-state index contributed by atoms with van der Waals surface area (Å²) in [6, 6.07) is 11.7. The van der Waals surface area contributed by atoms with Crippen molar-refractivity contribution in [1.29, 1.82) is 0 Å². The SMILES string of the molecule is Cc1ccc(O)cc1N1CCN(C2Cc3c(N)cccc3CC2O)CC1. The Morgan fingerprint density at radius 3 is 2.58 bits per heavy atom. The largest absolute Gasteiger partial charge is 0.508 e. The highest BCUT2D eigenvalue weighted by Crippen LogP contribution is 2.31. The first-order valence-electron chi connectivity index (χ1n) is 9.36. The Balaban J connectivity index is 1.46. The maximum atomic E-state index is 10.7. The third kappa shape index (κ3) is 3.13. The van der Waals surface area contributed by atoms with E-state index in [1.54, 1.807) is 6.07 Å². The second-order valence-electron chi connectivity index (χ2n) is 7.52. The quantitative estimate of drug-likeness (QED) is 0.720. The van der Waals surface area contributed by atoms with Crippen molar-refractivity contribution in [2.24, 2.45) is 0 Å². The van der Waals surface area contributed by atoms with Crippen LogP contribution in [0.2, 0.25) is 0 Å². The molecule has 4 N–H and O–H groups in total. The van der Waals surface area contributed by atoms with Gasteiger partial charge in [-0.25, -0.2) is 0 Å². The fourth-order valence-electron chi connectivity index (χ4n) is 4.41. The molecule has 1 fully saturated rings. The third-order valence-corrected chi connectivity index (χ3v) is 5.91. The zero-order valence-electron chi connectivity index (χ0n) is 15.2. The van der Waals surface area contributed by atoms with E-state index in [1.807, 2.05) is 24.3 Å². The minimum absolute atomic E-state index is 0.125. The lowest BCUT2D eigenvalue weighted by Crippen LogP contribution is -2.56. The van der Waals surface area contributed by atoms with E-state index in [0.717, 1.165) is 44.0 Å². The second-order valence-corrected chi connectivity index (χ2v) is 7.52. The van der Waals surface area contributed by atoms with Crippen LogP contribution in [0.4, 0.5) is 11.4 Å². The highest BCUT2D eigenvalue weighted by Gasteiger charge is 2.34. The topological polar surface area (TPSA) is 73.0 Å². The van der Waals surface area contributed by atoms with Crippen LogP contribution in [-0.4, -0.2) is 53.4 Å². The summed E-state index contributed by atoms with van der Waals surface area (Å²) in [5.41, 5.74) is 11.7. The van der Waals surface area contributed by atoms with Crippen LogP contribution < -0.4 is 10.6 Å². The van der Waals surface area contributed by atoms with Gasteiger partial charge >= 0.3 is 0 Å². The van der Waals surface area contributed by atoms with Crippen LogP contribution >= 0.6 is 0 Å². The molecule has 0 aromatic heterocycles. The molecule has 0 amide bonds. The second kappa shape index (κ2) is 6.82. The Hall–Kier alpha value is -2.24. The molecule has 26 heavy (non-hydrogen) atoms. The Morgan fingerprint density at radius 2 is 1.81 bits per heavy atom. The fraction of sp³-hybridized carbons (Fsp3) is 0.429. The van der Waals surface area contributed by atoms with Gasteiger partial charge in [-0.2, -0.15) is 0 Å². The lowest BCUT2D eigenvalue weighted by molar-refractivity contribution is 0.0396. The Labute approximate surface area is 154 Å². The number of phenolic OH excluding ortho intramolecular Hbond substituents is 1. The Morgan fingerprint density at radius 1 is 1.04 bits per heavy atom. The number of fused-ring (bicyclic) bond motifs is 1. The molecule has 5 nitrogen and oxygen atoms in total. The summed E-state index contributed by atoms with van der Waals surface area (Å²) in [5.74, 6) is 0.308. The zero-order valence-corrected chi connectivity index (χ0v) is 15.2. The average Bonchev–Trinajstić information content (AvgIpc) is 2.64. The number of aryl methyl sites for hydroxylation is 1. The molecule has 2 unspecified atom stereocenters. The van der Waals surface area contributed by atoms with Crippen LogP contribution in [0.15, 0.2) is 36.4 Å². The summed E-state index contributed by atoms with van der Waals surface area (Å²) in [4.78, 5) is 4.72. The maximum absolute atomic E-state index is 10.7. The van der Waals surface area contributed by atoms with Gasteiger partial charge in [0.1, 0.15) is 5.75 Å². The van der Waals surface area contributed by atoms with E-state index in [2.05, 4.69) is 22.8 Å². The molecule has 2 atom stereocenters. The summed E-state index contributed by atoms with van der Waals surface area (Å²) >= 11 is 0. The molecular weight excluding hydrogens is 326 g/mol. The normalized spacial score (nSPS) is 23.7. The van der Waals surface area contributed by atoms with Gasteiger partial charge in [-0.3, -0.25) is 4.90 Å². The number of benzene rings is 2. The molecule has 1 saturated heterocycles. The number of phenols is 1. The minimum atomic E-state index is -0.349. The van der Waals surface area contributed by atoms with Crippen LogP contribution in [-0.2, 0) is 12.8 Å². The van der Waals surface area contributed by atoms with Crippen LogP contribution in [0, 0.1) is 6.92 Å². The molecule has 5 heteroatoms. The van der Waals surface area contributed by atoms with Crippen LogP contribution in [0.3, 0.4) is 0 Å². The van der Waals surface area contributed by atoms with Crippen molar-refractivity contribution in [3.63, 3.8) is 0 Å². The molecular formula is C21H27N3O2. The van der Waals surface area contributed by atoms with Gasteiger partial charge in [0.2, 0.25) is 0 Å². The standard InChI is InChI=1S/C21H27N3O2/c1-14-5-6-16(25)12-19(14)23-7-9-24(10-8-23)20-13-17-15(11-21(20)26)3-2-4-18(17)22/h2-6,12,20-21,25-26H,7-11,13,22H2,1H3. The van der Waals surface area contributed by atoms with Gasteiger partial charge < -0.3 is 20.8 Å². The van der Waals surface area contributed by atoms with Crippen LogP contribution in [0.5, 0.6) is 5.75 Å². The highest BCUT2D eigenvalue weighted by atomic mass is 16.3. The predicted octanol–water partition coefficient (Wildman–Crippen LogP) is 1.93. The molecule has 0 spiro atoms. The summed E-state index contributed by atoms with van der Waals surface area (Å²) in [5, 5.41) is 20.5. The average molecular weight is 353 g/mol. The number of piperazine rings is 1. The number of aliphatic hydroxyl groups is 1. The third-order valence-electron chi connectivity index (χ3n) is 5.91. The highest BCUT2D eigenvalue weighted by molar-refractivity contribution is 5.57. The van der Waals surface area contributed by atoms with Gasteiger partial charge in [-0.1, -0.05) is 18.2 Å². The number of hydrogen-bond donors (Lipinski definition) is 3. The first-order chi connectivity index (χ1) is 12.5. The number of anilines is 2. The van der Waals surface area contributed by atoms with E-state index in [4.69, 9.17) is 5.73 Å². The molecule has 1 aliphatic carbocycles. The summed E-state index contributed by atoms with van der Waals surface area (Å²) < 4.78 is 0. The predicted molar refractivity (Wildman–Crippen MR) is 105 cm³/mol. The molecule has 1 heterocycles. The number of hydrogen-bond acceptors (Lipinski definition) is 5. The van der Waals surface area contributed by atoms with Gasteiger partial charge in [0.05, 0.1) is 6.10 Å². The number of nitrogen functional groups attached to an aromatic ring is 1. The molecule has 1 aliphatic heterocycles. The molecule has 2 aromatic carbocycles.